The van der Waals surface area contributed by atoms with E-state index >= 15 is 0 Å². The first-order valence-electron chi connectivity index (χ1n) is 27.5. The number of fused-ring (bicyclic) bond motifs is 6. The Morgan fingerprint density at radius 1 is 0.242 bits per heavy atom. The highest BCUT2D eigenvalue weighted by atomic mass is 16.5. The number of aliphatic hydroxyl groups excluding tert-OH is 1. The predicted molar refractivity (Wildman–Crippen MR) is 281 cm³/mol. The van der Waals surface area contributed by atoms with Crippen molar-refractivity contribution in [2.75, 3.05) is 46.2 Å². The van der Waals surface area contributed by atoms with Crippen LogP contribution in [0.15, 0.2) is 36.4 Å². The molecular weight excluding hydrogens is 821 g/mol. The fourth-order valence-corrected chi connectivity index (χ4v) is 8.88. The molecule has 4 aromatic carbocycles. The lowest BCUT2D eigenvalue weighted by Crippen LogP contribution is -2.05. The zero-order chi connectivity index (χ0) is 46.9. The fraction of sp³-hybridized carbons (Fsp3) is 0.695. The maximum Gasteiger partial charge on any atom is 0.161 e. The molecule has 0 unspecified atom stereocenters. The number of aliphatic hydroxyl groups is 1. The Morgan fingerprint density at radius 3 is 0.591 bits per heavy atom. The first-order valence-corrected chi connectivity index (χ1v) is 27.5. The van der Waals surface area contributed by atoms with E-state index < -0.39 is 0 Å². The summed E-state index contributed by atoms with van der Waals surface area (Å²) in [7, 11) is 0. The van der Waals surface area contributed by atoms with Crippen molar-refractivity contribution < 1.29 is 33.5 Å². The minimum atomic E-state index is 0.310. The Bertz CT molecular complexity index is 1820. The van der Waals surface area contributed by atoms with Crippen molar-refractivity contribution in [3.05, 3.63) is 36.4 Å². The van der Waals surface area contributed by atoms with Gasteiger partial charge in [-0.2, -0.15) is 0 Å². The summed E-state index contributed by atoms with van der Waals surface area (Å²) >= 11 is 0. The Kier molecular flexibility index (Phi) is 28.9. The molecule has 0 fully saturated rings. The number of ether oxygens (including phenoxy) is 6. The number of rotatable bonds is 42. The summed E-state index contributed by atoms with van der Waals surface area (Å²) in [5, 5.41) is 15.8. The Hall–Kier alpha value is -3.58. The molecule has 0 spiro atoms. The van der Waals surface area contributed by atoms with Gasteiger partial charge in [-0.3, -0.25) is 0 Å². The van der Waals surface area contributed by atoms with Crippen molar-refractivity contribution in [1.82, 2.24) is 0 Å². The summed E-state index contributed by atoms with van der Waals surface area (Å²) in [5.41, 5.74) is 0. The molecule has 66 heavy (non-hydrogen) atoms. The topological polar surface area (TPSA) is 75.6 Å². The normalized spacial score (nSPS) is 11.5. The molecule has 0 aromatic heterocycles. The van der Waals surface area contributed by atoms with Gasteiger partial charge in [-0.25, -0.2) is 0 Å². The summed E-state index contributed by atoms with van der Waals surface area (Å²) in [6.45, 7) is 15.5. The molecular formula is C59H94O7. The summed E-state index contributed by atoms with van der Waals surface area (Å²) in [5.74, 6) is 4.84. The van der Waals surface area contributed by atoms with Gasteiger partial charge in [0, 0.05) is 6.61 Å². The van der Waals surface area contributed by atoms with Gasteiger partial charge in [0.25, 0.3) is 0 Å². The number of benzene rings is 4. The molecule has 7 nitrogen and oxygen atoms in total. The molecule has 0 saturated carbocycles. The third-order valence-corrected chi connectivity index (χ3v) is 13.0. The van der Waals surface area contributed by atoms with Crippen molar-refractivity contribution in [3.63, 3.8) is 0 Å². The van der Waals surface area contributed by atoms with E-state index in [0.717, 1.165) is 157 Å². The molecule has 0 saturated heterocycles. The van der Waals surface area contributed by atoms with Gasteiger partial charge in [-0.05, 0) is 114 Å². The second kappa shape index (κ2) is 34.7. The van der Waals surface area contributed by atoms with Crippen LogP contribution in [0, 0.1) is 0 Å². The highest BCUT2D eigenvalue weighted by molar-refractivity contribution is 6.26. The molecule has 7 heteroatoms. The van der Waals surface area contributed by atoms with E-state index in [2.05, 4.69) is 71.0 Å². The van der Waals surface area contributed by atoms with Gasteiger partial charge in [0.15, 0.2) is 34.5 Å². The van der Waals surface area contributed by atoms with E-state index in [1.807, 2.05) is 0 Å². The molecule has 0 atom stereocenters. The number of hydrogen-bond acceptors (Lipinski definition) is 7. The van der Waals surface area contributed by atoms with Crippen LogP contribution in [0.4, 0.5) is 0 Å². The summed E-state index contributed by atoms with van der Waals surface area (Å²) in [6, 6.07) is 13.4. The van der Waals surface area contributed by atoms with Gasteiger partial charge in [0.2, 0.25) is 0 Å². The van der Waals surface area contributed by atoms with Crippen molar-refractivity contribution in [1.29, 1.82) is 0 Å². The van der Waals surface area contributed by atoms with Crippen LogP contribution in [0.2, 0.25) is 0 Å². The Morgan fingerprint density at radius 2 is 0.409 bits per heavy atom. The van der Waals surface area contributed by atoms with Gasteiger partial charge in [0.1, 0.15) is 0 Å². The minimum absolute atomic E-state index is 0.310. The molecule has 1 N–H and O–H groups in total. The first-order chi connectivity index (χ1) is 32.6. The molecule has 0 amide bonds. The van der Waals surface area contributed by atoms with E-state index in [9.17, 15) is 0 Å². The lowest BCUT2D eigenvalue weighted by Gasteiger charge is -2.21. The zero-order valence-electron chi connectivity index (χ0n) is 42.8. The molecule has 0 heterocycles. The maximum absolute atomic E-state index is 9.09. The number of hydrogen-bond donors (Lipinski definition) is 1. The average Bonchev–Trinajstić information content (AvgIpc) is 3.33. The van der Waals surface area contributed by atoms with Crippen molar-refractivity contribution >= 4 is 32.3 Å². The van der Waals surface area contributed by atoms with Crippen molar-refractivity contribution in [2.45, 2.75) is 221 Å². The molecule has 0 radical (unpaired) electrons. The second-order valence-electron chi connectivity index (χ2n) is 18.8. The quantitative estimate of drug-likeness (QED) is 0.0350. The monoisotopic (exact) mass is 915 g/mol. The van der Waals surface area contributed by atoms with Gasteiger partial charge >= 0.3 is 0 Å². The summed E-state index contributed by atoms with van der Waals surface area (Å²) in [6.07, 6.45) is 33.3. The third-order valence-electron chi connectivity index (χ3n) is 13.0. The standard InChI is InChI=1S/C59H94O7/c1-6-11-16-29-36-61-54-42-48-49-43-55(62-37-30-17-12-7-2)57(64-39-32-19-14-9-4)45-51(49)53-47-59(66-41-34-27-25-23-21-22-24-26-28-35-60)58(65-40-33-20-15-10-5)46-52(53)50(48)44-56(54)63-38-31-18-13-8-3/h42-47,60H,6-41H2,1-5H3. The van der Waals surface area contributed by atoms with Gasteiger partial charge in [-0.1, -0.05) is 176 Å². The highest BCUT2D eigenvalue weighted by Crippen LogP contribution is 2.47. The van der Waals surface area contributed by atoms with Crippen LogP contribution >= 0.6 is 0 Å². The van der Waals surface area contributed by atoms with Crippen molar-refractivity contribution in [2.24, 2.45) is 0 Å². The largest absolute Gasteiger partial charge is 0.490 e. The summed E-state index contributed by atoms with van der Waals surface area (Å²) in [4.78, 5) is 0. The second-order valence-corrected chi connectivity index (χ2v) is 18.8. The third kappa shape index (κ3) is 19.6. The first kappa shape index (κ1) is 55.0. The smallest absolute Gasteiger partial charge is 0.161 e. The van der Waals surface area contributed by atoms with E-state index in [1.54, 1.807) is 0 Å². The van der Waals surface area contributed by atoms with Gasteiger partial charge in [-0.15, -0.1) is 0 Å². The lowest BCUT2D eigenvalue weighted by atomic mass is 9.93. The van der Waals surface area contributed by atoms with E-state index in [4.69, 9.17) is 33.5 Å². The van der Waals surface area contributed by atoms with Crippen molar-refractivity contribution in [3.8, 4) is 34.5 Å². The molecule has 372 valence electrons. The highest BCUT2D eigenvalue weighted by Gasteiger charge is 2.21. The van der Waals surface area contributed by atoms with Crippen LogP contribution in [0.3, 0.4) is 0 Å². The molecule has 0 bridgehead atoms. The predicted octanol–water partition coefficient (Wildman–Crippen LogP) is 17.8. The lowest BCUT2D eigenvalue weighted by molar-refractivity contribution is 0.259. The molecule has 4 rings (SSSR count). The van der Waals surface area contributed by atoms with E-state index in [-0.39, 0.29) is 0 Å². The Balaban J connectivity index is 1.85. The van der Waals surface area contributed by atoms with Crippen LogP contribution in [-0.4, -0.2) is 51.4 Å². The van der Waals surface area contributed by atoms with Crippen LogP contribution < -0.4 is 28.4 Å². The number of unbranched alkanes of at least 4 members (excludes halogenated alkanes) is 23. The average molecular weight is 915 g/mol. The minimum Gasteiger partial charge on any atom is -0.490 e. The van der Waals surface area contributed by atoms with Crippen LogP contribution in [0.25, 0.3) is 32.3 Å². The molecule has 0 aliphatic carbocycles. The fourth-order valence-electron chi connectivity index (χ4n) is 8.88. The van der Waals surface area contributed by atoms with E-state index in [1.165, 1.54) is 96.3 Å². The SMILES string of the molecule is CCCCCCOc1cc2c3cc(OCCCCCC)c(OCCCCCC)cc3c3cc(OCCCCCCCCCCCO)c(OCCCCCC)cc3c2cc1OCCCCCC. The van der Waals surface area contributed by atoms with Gasteiger partial charge < -0.3 is 33.5 Å². The van der Waals surface area contributed by atoms with Crippen LogP contribution in [-0.2, 0) is 0 Å². The molecule has 0 aliphatic heterocycles. The molecule has 4 aromatic rings. The summed E-state index contributed by atoms with van der Waals surface area (Å²) < 4.78 is 40.2. The molecule has 0 aliphatic rings. The van der Waals surface area contributed by atoms with E-state index in [0.29, 0.717) is 46.2 Å². The Labute approximate surface area is 402 Å². The maximum atomic E-state index is 9.09. The zero-order valence-corrected chi connectivity index (χ0v) is 42.8. The van der Waals surface area contributed by atoms with Gasteiger partial charge in [0.05, 0.1) is 39.6 Å². The van der Waals surface area contributed by atoms with Crippen LogP contribution in [0.1, 0.15) is 221 Å². The van der Waals surface area contributed by atoms with Crippen LogP contribution in [0.5, 0.6) is 34.5 Å².